The van der Waals surface area contributed by atoms with Gasteiger partial charge in [0.1, 0.15) is 12.2 Å². The molecule has 0 heterocycles. The first kappa shape index (κ1) is 14.2. The Balaban J connectivity index is 3.05. The van der Waals surface area contributed by atoms with E-state index in [-0.39, 0.29) is 0 Å². The molecule has 0 fully saturated rings. The first-order valence-corrected chi connectivity index (χ1v) is 6.02. The Labute approximate surface area is 107 Å². The summed E-state index contributed by atoms with van der Waals surface area (Å²) < 4.78 is 5.20. The van der Waals surface area contributed by atoms with E-state index in [0.29, 0.717) is 5.75 Å². The Morgan fingerprint density at radius 2 is 1.67 bits per heavy atom. The normalized spacial score (nSPS) is 10.2. The highest BCUT2D eigenvalue weighted by Crippen LogP contribution is 2.27. The molecule has 98 valence electrons. The van der Waals surface area contributed by atoms with Gasteiger partial charge in [0.25, 0.3) is 0 Å². The summed E-state index contributed by atoms with van der Waals surface area (Å²) in [6, 6.07) is 3.92. The van der Waals surface area contributed by atoms with Crippen molar-refractivity contribution in [3.8, 4) is 5.75 Å². The van der Waals surface area contributed by atoms with E-state index in [4.69, 9.17) is 9.84 Å². The number of hydrogen-bond donors (Lipinski definition) is 1. The van der Waals surface area contributed by atoms with Crippen molar-refractivity contribution in [3.05, 3.63) is 28.8 Å². The second kappa shape index (κ2) is 6.19. The highest BCUT2D eigenvalue weighted by molar-refractivity contribution is 5.91. The molecule has 0 aliphatic rings. The van der Waals surface area contributed by atoms with E-state index >= 15 is 0 Å². The van der Waals surface area contributed by atoms with Crippen molar-refractivity contribution in [1.29, 1.82) is 0 Å². The zero-order valence-corrected chi connectivity index (χ0v) is 10.9. The molecule has 1 rings (SSSR count). The Bertz CT molecular complexity index is 438. The van der Waals surface area contributed by atoms with Gasteiger partial charge in [0.05, 0.1) is 0 Å². The van der Waals surface area contributed by atoms with Crippen LogP contribution in [0.5, 0.6) is 5.75 Å². The average molecular weight is 250 g/mol. The molecule has 0 aromatic heterocycles. The first-order valence-electron chi connectivity index (χ1n) is 6.02. The number of rotatable bonds is 5. The van der Waals surface area contributed by atoms with Gasteiger partial charge >= 0.3 is 11.9 Å². The number of ether oxygens (including phenoxy) is 1. The predicted octanol–water partition coefficient (Wildman–Crippen LogP) is 2.50. The lowest BCUT2D eigenvalue weighted by molar-refractivity contribution is -0.145. The number of esters is 1. The molecule has 0 atom stereocenters. The summed E-state index contributed by atoms with van der Waals surface area (Å²) in [6.07, 6.45) is 0.870. The molecule has 0 amide bonds. The minimum Gasteiger partial charge on any atom is -0.481 e. The maximum Gasteiger partial charge on any atom is 0.322 e. The molecule has 0 aliphatic carbocycles. The minimum atomic E-state index is -1.18. The summed E-state index contributed by atoms with van der Waals surface area (Å²) in [5.41, 5.74) is 2.98. The van der Waals surface area contributed by atoms with Crippen LogP contribution in [0.3, 0.4) is 0 Å². The summed E-state index contributed by atoms with van der Waals surface area (Å²) in [7, 11) is 0. The van der Waals surface area contributed by atoms with Crippen molar-refractivity contribution in [1.82, 2.24) is 0 Å². The number of carbonyl (C=O) groups is 2. The minimum absolute atomic E-state index is 0.525. The molecule has 0 radical (unpaired) electrons. The molecule has 0 bridgehead atoms. The molecule has 0 spiro atoms. The van der Waals surface area contributed by atoms with Crippen molar-refractivity contribution in [2.75, 3.05) is 0 Å². The van der Waals surface area contributed by atoms with Gasteiger partial charge in [0.2, 0.25) is 0 Å². The maximum atomic E-state index is 11.4. The number of hydrogen-bond acceptors (Lipinski definition) is 3. The highest BCUT2D eigenvalue weighted by atomic mass is 16.5. The van der Waals surface area contributed by atoms with Gasteiger partial charge in [-0.2, -0.15) is 0 Å². The molecule has 4 nitrogen and oxygen atoms in total. The van der Waals surface area contributed by atoms with Crippen LogP contribution in [0.25, 0.3) is 0 Å². The molecular formula is C14H18O4. The molecule has 1 N–H and O–H groups in total. The number of benzene rings is 1. The Morgan fingerprint density at radius 3 is 2.06 bits per heavy atom. The fourth-order valence-electron chi connectivity index (χ4n) is 1.86. The summed E-state index contributed by atoms with van der Waals surface area (Å²) in [6.45, 7) is 5.94. The molecule has 0 aliphatic heterocycles. The predicted molar refractivity (Wildman–Crippen MR) is 67.8 cm³/mol. The largest absolute Gasteiger partial charge is 0.481 e. The van der Waals surface area contributed by atoms with Crippen LogP contribution < -0.4 is 4.74 Å². The number of carboxylic acid groups (broad SMARTS) is 1. The van der Waals surface area contributed by atoms with Crippen LogP contribution in [-0.4, -0.2) is 17.0 Å². The number of aliphatic carboxylic acids is 1. The number of aryl methyl sites for hydroxylation is 3. The standard InChI is InChI=1S/C14H18O4/c1-4-10-6-9(3)7-11(5-2)14(10)18-13(17)8-12(15)16/h6-7H,4-5,8H2,1-3H3,(H,15,16). The van der Waals surface area contributed by atoms with Crippen molar-refractivity contribution in [2.24, 2.45) is 0 Å². The SMILES string of the molecule is CCc1cc(C)cc(CC)c1OC(=O)CC(=O)O. The summed E-state index contributed by atoms with van der Waals surface area (Å²) >= 11 is 0. The molecule has 4 heteroatoms. The van der Waals surface area contributed by atoms with Gasteiger partial charge in [0.15, 0.2) is 0 Å². The summed E-state index contributed by atoms with van der Waals surface area (Å²) in [5, 5.41) is 8.56. The van der Waals surface area contributed by atoms with Gasteiger partial charge in [-0.3, -0.25) is 9.59 Å². The van der Waals surface area contributed by atoms with Crippen LogP contribution in [0.4, 0.5) is 0 Å². The molecule has 1 aromatic rings. The van der Waals surface area contributed by atoms with Crippen molar-refractivity contribution in [3.63, 3.8) is 0 Å². The first-order chi connectivity index (χ1) is 8.47. The van der Waals surface area contributed by atoms with E-state index in [2.05, 4.69) is 0 Å². The number of carbonyl (C=O) groups excluding carboxylic acids is 1. The topological polar surface area (TPSA) is 63.6 Å². The average Bonchev–Trinajstić information content (AvgIpc) is 2.29. The molecular weight excluding hydrogens is 232 g/mol. The van der Waals surface area contributed by atoms with Crippen LogP contribution in [-0.2, 0) is 22.4 Å². The van der Waals surface area contributed by atoms with Crippen LogP contribution in [0.15, 0.2) is 12.1 Å². The lowest BCUT2D eigenvalue weighted by atomic mass is 10.0. The summed E-state index contributed by atoms with van der Waals surface area (Å²) in [5.74, 6) is -1.38. The zero-order chi connectivity index (χ0) is 13.7. The molecule has 1 aromatic carbocycles. The second-order valence-corrected chi connectivity index (χ2v) is 4.16. The third-order valence-electron chi connectivity index (χ3n) is 2.66. The quantitative estimate of drug-likeness (QED) is 0.495. The van der Waals surface area contributed by atoms with E-state index in [9.17, 15) is 9.59 Å². The van der Waals surface area contributed by atoms with E-state index < -0.39 is 18.4 Å². The van der Waals surface area contributed by atoms with E-state index in [0.717, 1.165) is 29.5 Å². The smallest absolute Gasteiger partial charge is 0.322 e. The van der Waals surface area contributed by atoms with E-state index in [1.54, 1.807) is 0 Å². The molecule has 0 unspecified atom stereocenters. The van der Waals surface area contributed by atoms with Crippen molar-refractivity contribution in [2.45, 2.75) is 40.0 Å². The van der Waals surface area contributed by atoms with Gasteiger partial charge in [-0.15, -0.1) is 0 Å². The monoisotopic (exact) mass is 250 g/mol. The van der Waals surface area contributed by atoms with E-state index in [1.165, 1.54) is 0 Å². The third kappa shape index (κ3) is 3.58. The van der Waals surface area contributed by atoms with Gasteiger partial charge in [-0.1, -0.05) is 31.5 Å². The lowest BCUT2D eigenvalue weighted by Gasteiger charge is -2.14. The van der Waals surface area contributed by atoms with Crippen LogP contribution in [0.2, 0.25) is 0 Å². The highest BCUT2D eigenvalue weighted by Gasteiger charge is 2.15. The van der Waals surface area contributed by atoms with Gasteiger partial charge < -0.3 is 9.84 Å². The zero-order valence-electron chi connectivity index (χ0n) is 10.9. The van der Waals surface area contributed by atoms with Gasteiger partial charge in [0, 0.05) is 0 Å². The molecule has 18 heavy (non-hydrogen) atoms. The Kier molecular flexibility index (Phi) is 4.89. The lowest BCUT2D eigenvalue weighted by Crippen LogP contribution is -2.15. The van der Waals surface area contributed by atoms with Crippen LogP contribution >= 0.6 is 0 Å². The van der Waals surface area contributed by atoms with Crippen LogP contribution in [0, 0.1) is 6.92 Å². The maximum absolute atomic E-state index is 11.4. The second-order valence-electron chi connectivity index (χ2n) is 4.16. The Hall–Kier alpha value is -1.84. The third-order valence-corrected chi connectivity index (χ3v) is 2.66. The number of carboxylic acids is 1. The fraction of sp³-hybridized carbons (Fsp3) is 0.429. The summed E-state index contributed by atoms with van der Waals surface area (Å²) in [4.78, 5) is 21.9. The van der Waals surface area contributed by atoms with Crippen molar-refractivity contribution >= 4 is 11.9 Å². The van der Waals surface area contributed by atoms with Gasteiger partial charge in [-0.05, 0) is 30.9 Å². The Morgan fingerprint density at radius 1 is 1.17 bits per heavy atom. The fourth-order valence-corrected chi connectivity index (χ4v) is 1.86. The van der Waals surface area contributed by atoms with Crippen molar-refractivity contribution < 1.29 is 19.4 Å². The van der Waals surface area contributed by atoms with Gasteiger partial charge in [-0.25, -0.2) is 0 Å². The van der Waals surface area contributed by atoms with Crippen LogP contribution in [0.1, 0.15) is 37.0 Å². The molecule has 0 saturated carbocycles. The molecule has 0 saturated heterocycles. The van der Waals surface area contributed by atoms with E-state index in [1.807, 2.05) is 32.9 Å².